The number of aromatic carboxylic acids is 1. The Morgan fingerprint density at radius 3 is 2.47 bits per heavy atom. The molecule has 19 heavy (non-hydrogen) atoms. The number of thioether (sulfide) groups is 1. The molecule has 1 aliphatic heterocycles. The van der Waals surface area contributed by atoms with Crippen molar-refractivity contribution in [3.05, 3.63) is 40.8 Å². The molecular formula is C13H12N2O3S. The topological polar surface area (TPSA) is 70.0 Å². The average molecular weight is 276 g/mol. The highest BCUT2D eigenvalue weighted by molar-refractivity contribution is 8.18. The molecule has 0 aromatic heterocycles. The van der Waals surface area contributed by atoms with E-state index in [1.54, 1.807) is 32.2 Å². The number of nitrogens with zero attached hydrogens (tertiary/aromatic N) is 2. The summed E-state index contributed by atoms with van der Waals surface area (Å²) in [5.41, 5.74) is 0.825. The Hall–Kier alpha value is -2.08. The monoisotopic (exact) mass is 276 g/mol. The number of allylic oxidation sites excluding steroid dienone is 1. The highest BCUT2D eigenvalue weighted by atomic mass is 32.2. The van der Waals surface area contributed by atoms with E-state index in [1.165, 1.54) is 28.8 Å². The maximum absolute atomic E-state index is 11.8. The van der Waals surface area contributed by atoms with Crippen LogP contribution in [0.3, 0.4) is 0 Å². The highest BCUT2D eigenvalue weighted by Crippen LogP contribution is 2.31. The molecule has 98 valence electrons. The van der Waals surface area contributed by atoms with Gasteiger partial charge in [0.15, 0.2) is 5.17 Å². The van der Waals surface area contributed by atoms with E-state index in [0.717, 1.165) is 0 Å². The molecule has 1 saturated heterocycles. The number of hydrogen-bond acceptors (Lipinski definition) is 4. The zero-order valence-electron chi connectivity index (χ0n) is 10.5. The lowest BCUT2D eigenvalue weighted by molar-refractivity contribution is -0.121. The fourth-order valence-corrected chi connectivity index (χ4v) is 2.44. The van der Waals surface area contributed by atoms with Crippen molar-refractivity contribution >= 4 is 34.5 Å². The molecular weight excluding hydrogens is 264 g/mol. The molecule has 1 aromatic carbocycles. The van der Waals surface area contributed by atoms with Crippen LogP contribution in [0.1, 0.15) is 17.3 Å². The number of amidine groups is 1. The van der Waals surface area contributed by atoms with Gasteiger partial charge in [-0.1, -0.05) is 6.08 Å². The summed E-state index contributed by atoms with van der Waals surface area (Å²) in [7, 11) is 1.66. The van der Waals surface area contributed by atoms with Crippen molar-refractivity contribution in [2.45, 2.75) is 6.92 Å². The standard InChI is InChI=1S/C13H12N2O3S/c1-3-10-11(16)15(2)13(19-10)14-9-6-4-8(5-7-9)12(17)18/h3-7H,1-2H3,(H,17,18). The zero-order valence-corrected chi connectivity index (χ0v) is 11.3. The van der Waals surface area contributed by atoms with Gasteiger partial charge in [-0.15, -0.1) is 0 Å². The quantitative estimate of drug-likeness (QED) is 0.842. The van der Waals surface area contributed by atoms with Gasteiger partial charge >= 0.3 is 5.97 Å². The number of amides is 1. The van der Waals surface area contributed by atoms with Crippen LogP contribution < -0.4 is 0 Å². The molecule has 1 heterocycles. The number of likely N-dealkylation sites (N-methyl/N-ethyl adjacent to an activating group) is 1. The van der Waals surface area contributed by atoms with Gasteiger partial charge in [-0.3, -0.25) is 9.69 Å². The van der Waals surface area contributed by atoms with Gasteiger partial charge in [0, 0.05) is 7.05 Å². The summed E-state index contributed by atoms with van der Waals surface area (Å²) >= 11 is 1.30. The number of carboxylic acid groups (broad SMARTS) is 1. The first-order valence-electron chi connectivity index (χ1n) is 5.57. The van der Waals surface area contributed by atoms with Crippen LogP contribution in [0.25, 0.3) is 0 Å². The number of hydrogen-bond donors (Lipinski definition) is 1. The second-order valence-corrected chi connectivity index (χ2v) is 4.87. The van der Waals surface area contributed by atoms with E-state index in [1.807, 2.05) is 0 Å². The Bertz CT molecular complexity index is 590. The molecule has 0 aliphatic carbocycles. The third-order valence-corrected chi connectivity index (χ3v) is 3.78. The van der Waals surface area contributed by atoms with Crippen molar-refractivity contribution in [3.63, 3.8) is 0 Å². The number of aliphatic imine (C=N–C) groups is 1. The van der Waals surface area contributed by atoms with E-state index in [2.05, 4.69) is 4.99 Å². The molecule has 1 N–H and O–H groups in total. The van der Waals surface area contributed by atoms with E-state index in [4.69, 9.17) is 5.11 Å². The SMILES string of the molecule is CC=C1SC(=Nc2ccc(C(=O)O)cc2)N(C)C1=O. The summed E-state index contributed by atoms with van der Waals surface area (Å²) in [6, 6.07) is 6.20. The van der Waals surface area contributed by atoms with Gasteiger partial charge in [0.25, 0.3) is 5.91 Å². The van der Waals surface area contributed by atoms with Crippen LogP contribution in [0.15, 0.2) is 40.2 Å². The van der Waals surface area contributed by atoms with Crippen LogP contribution in [-0.2, 0) is 4.79 Å². The predicted octanol–water partition coefficient (Wildman–Crippen LogP) is 2.48. The molecule has 0 atom stereocenters. The lowest BCUT2D eigenvalue weighted by Crippen LogP contribution is -2.23. The predicted molar refractivity (Wildman–Crippen MR) is 74.6 cm³/mol. The Kier molecular flexibility index (Phi) is 3.71. The van der Waals surface area contributed by atoms with Crippen LogP contribution in [0.5, 0.6) is 0 Å². The molecule has 2 rings (SSSR count). The lowest BCUT2D eigenvalue weighted by Gasteiger charge is -2.07. The molecule has 1 fully saturated rings. The smallest absolute Gasteiger partial charge is 0.335 e. The van der Waals surface area contributed by atoms with Crippen LogP contribution in [0, 0.1) is 0 Å². The zero-order chi connectivity index (χ0) is 14.0. The van der Waals surface area contributed by atoms with Crippen LogP contribution in [0.2, 0.25) is 0 Å². The molecule has 0 radical (unpaired) electrons. The number of carbonyl (C=O) groups excluding carboxylic acids is 1. The first-order chi connectivity index (χ1) is 9.02. The van der Waals surface area contributed by atoms with E-state index in [-0.39, 0.29) is 11.5 Å². The molecule has 0 unspecified atom stereocenters. The molecule has 5 nitrogen and oxygen atoms in total. The van der Waals surface area contributed by atoms with E-state index in [0.29, 0.717) is 15.8 Å². The van der Waals surface area contributed by atoms with E-state index < -0.39 is 5.97 Å². The molecule has 6 heteroatoms. The van der Waals surface area contributed by atoms with Crippen LogP contribution in [0.4, 0.5) is 5.69 Å². The van der Waals surface area contributed by atoms with Crippen molar-refractivity contribution < 1.29 is 14.7 Å². The van der Waals surface area contributed by atoms with Gasteiger partial charge in [0.2, 0.25) is 0 Å². The normalized spacial score (nSPS) is 19.5. The average Bonchev–Trinajstić information content (AvgIpc) is 2.67. The van der Waals surface area contributed by atoms with E-state index in [9.17, 15) is 9.59 Å². The third-order valence-electron chi connectivity index (χ3n) is 2.60. The fourth-order valence-electron chi connectivity index (χ4n) is 1.53. The van der Waals surface area contributed by atoms with Crippen molar-refractivity contribution in [3.8, 4) is 0 Å². The third kappa shape index (κ3) is 2.68. The van der Waals surface area contributed by atoms with E-state index >= 15 is 0 Å². The highest BCUT2D eigenvalue weighted by Gasteiger charge is 2.29. The second-order valence-electron chi connectivity index (χ2n) is 3.87. The minimum atomic E-state index is -0.974. The largest absolute Gasteiger partial charge is 0.478 e. The van der Waals surface area contributed by atoms with Gasteiger partial charge < -0.3 is 5.11 Å². The van der Waals surface area contributed by atoms with Crippen LogP contribution >= 0.6 is 11.8 Å². The fraction of sp³-hybridized carbons (Fsp3) is 0.154. The Balaban J connectivity index is 2.27. The molecule has 1 aliphatic rings. The summed E-state index contributed by atoms with van der Waals surface area (Å²) in [5, 5.41) is 9.39. The van der Waals surface area contributed by atoms with Crippen molar-refractivity contribution in [1.29, 1.82) is 0 Å². The minimum Gasteiger partial charge on any atom is -0.478 e. The summed E-state index contributed by atoms with van der Waals surface area (Å²) < 4.78 is 0. The first-order valence-corrected chi connectivity index (χ1v) is 6.39. The Morgan fingerprint density at radius 2 is 2.00 bits per heavy atom. The number of carbonyl (C=O) groups is 2. The van der Waals surface area contributed by atoms with Gasteiger partial charge in [-0.25, -0.2) is 9.79 Å². The first kappa shape index (κ1) is 13.4. The van der Waals surface area contributed by atoms with Crippen molar-refractivity contribution in [1.82, 2.24) is 4.90 Å². The molecule has 0 saturated carbocycles. The number of carboxylic acids is 1. The molecule has 1 aromatic rings. The van der Waals surface area contributed by atoms with Gasteiger partial charge in [-0.2, -0.15) is 0 Å². The summed E-state index contributed by atoms with van der Waals surface area (Å²) in [5.74, 6) is -1.05. The van der Waals surface area contributed by atoms with Gasteiger partial charge in [-0.05, 0) is 43.0 Å². The summed E-state index contributed by atoms with van der Waals surface area (Å²) in [6.07, 6.45) is 1.75. The summed E-state index contributed by atoms with van der Waals surface area (Å²) in [4.78, 5) is 29.0. The maximum Gasteiger partial charge on any atom is 0.335 e. The number of benzene rings is 1. The minimum absolute atomic E-state index is 0.0755. The summed E-state index contributed by atoms with van der Waals surface area (Å²) in [6.45, 7) is 1.80. The van der Waals surface area contributed by atoms with Gasteiger partial charge in [0.1, 0.15) is 0 Å². The molecule has 0 bridgehead atoms. The molecule has 0 spiro atoms. The second kappa shape index (κ2) is 5.27. The Labute approximate surface area is 114 Å². The lowest BCUT2D eigenvalue weighted by atomic mass is 10.2. The van der Waals surface area contributed by atoms with Gasteiger partial charge in [0.05, 0.1) is 16.2 Å². The number of rotatable bonds is 2. The van der Waals surface area contributed by atoms with Crippen LogP contribution in [-0.4, -0.2) is 34.1 Å². The van der Waals surface area contributed by atoms with Crippen molar-refractivity contribution in [2.75, 3.05) is 7.05 Å². The Morgan fingerprint density at radius 1 is 1.37 bits per heavy atom. The van der Waals surface area contributed by atoms with Crippen molar-refractivity contribution in [2.24, 2.45) is 4.99 Å². The maximum atomic E-state index is 11.8. The molecule has 1 amide bonds.